The number of aliphatic imine (C=N–C) groups is 1. The van der Waals surface area contributed by atoms with Crippen LogP contribution in [0.1, 0.15) is 22.3 Å². The van der Waals surface area contributed by atoms with Crippen LogP contribution in [0.25, 0.3) is 0 Å². The van der Waals surface area contributed by atoms with Crippen LogP contribution in [0.5, 0.6) is 5.75 Å². The predicted molar refractivity (Wildman–Crippen MR) is 96.5 cm³/mol. The molecule has 0 radical (unpaired) electrons. The van der Waals surface area contributed by atoms with Gasteiger partial charge in [-0.15, -0.1) is 0 Å². The Balaban J connectivity index is 1.54. The number of hydrazine groups is 1. The average molecular weight is 388 g/mol. The zero-order chi connectivity index (χ0) is 19.4. The molecule has 0 fully saturated rings. The van der Waals surface area contributed by atoms with E-state index in [1.54, 1.807) is 30.3 Å². The van der Waals surface area contributed by atoms with E-state index in [9.17, 15) is 23.1 Å². The molecule has 1 aliphatic heterocycles. The molecule has 0 atom stereocenters. The molecule has 0 spiro atoms. The number of hydrogen-bond acceptors (Lipinski definition) is 6. The maximum absolute atomic E-state index is 12.0. The van der Waals surface area contributed by atoms with E-state index in [2.05, 4.69) is 20.6 Å². The van der Waals surface area contributed by atoms with Crippen LogP contribution in [-0.2, 0) is 14.8 Å². The molecular weight excluding hydrogens is 372 g/mol. The van der Waals surface area contributed by atoms with E-state index in [-0.39, 0.29) is 35.0 Å². The highest BCUT2D eigenvalue weighted by molar-refractivity contribution is 7.90. The summed E-state index contributed by atoms with van der Waals surface area (Å²) in [6.07, 6.45) is -0.0750. The SMILES string of the molecule is O=C(CCN=C1NS(=O)(=O)c2ccccc21)NNC(=O)c1ccccc1O. The lowest BCUT2D eigenvalue weighted by Crippen LogP contribution is -2.41. The lowest BCUT2D eigenvalue weighted by molar-refractivity contribution is -0.121. The second-order valence-corrected chi connectivity index (χ2v) is 7.25. The number of amidine groups is 1. The van der Waals surface area contributed by atoms with Crippen molar-refractivity contribution in [3.8, 4) is 5.75 Å². The summed E-state index contributed by atoms with van der Waals surface area (Å²) in [6, 6.07) is 12.3. The van der Waals surface area contributed by atoms with Crippen LogP contribution in [0.15, 0.2) is 58.4 Å². The van der Waals surface area contributed by atoms with Gasteiger partial charge in [0.15, 0.2) is 0 Å². The van der Waals surface area contributed by atoms with Crippen molar-refractivity contribution >= 4 is 27.7 Å². The van der Waals surface area contributed by atoms with Crippen molar-refractivity contribution in [3.05, 3.63) is 59.7 Å². The normalized spacial score (nSPS) is 15.6. The molecule has 140 valence electrons. The van der Waals surface area contributed by atoms with Crippen molar-refractivity contribution in [2.24, 2.45) is 4.99 Å². The van der Waals surface area contributed by atoms with Gasteiger partial charge in [0.1, 0.15) is 11.6 Å². The van der Waals surface area contributed by atoms with Gasteiger partial charge in [-0.3, -0.25) is 30.2 Å². The minimum Gasteiger partial charge on any atom is -0.507 e. The monoisotopic (exact) mass is 388 g/mol. The van der Waals surface area contributed by atoms with Gasteiger partial charge in [0.05, 0.1) is 17.0 Å². The number of rotatable bonds is 4. The third-order valence-corrected chi connectivity index (χ3v) is 5.13. The zero-order valence-corrected chi connectivity index (χ0v) is 14.8. The summed E-state index contributed by atoms with van der Waals surface area (Å²) in [7, 11) is -3.62. The van der Waals surface area contributed by atoms with E-state index in [1.165, 1.54) is 18.2 Å². The molecule has 3 rings (SSSR count). The highest BCUT2D eigenvalue weighted by Crippen LogP contribution is 2.22. The molecule has 2 aromatic carbocycles. The van der Waals surface area contributed by atoms with Gasteiger partial charge in [0.2, 0.25) is 5.91 Å². The third kappa shape index (κ3) is 4.06. The summed E-state index contributed by atoms with van der Waals surface area (Å²) in [5.41, 5.74) is 4.87. The van der Waals surface area contributed by atoms with Crippen molar-refractivity contribution in [1.82, 2.24) is 15.6 Å². The molecule has 4 N–H and O–H groups in total. The first-order valence-electron chi connectivity index (χ1n) is 7.92. The Morgan fingerprint density at radius 1 is 1.04 bits per heavy atom. The third-order valence-electron chi connectivity index (χ3n) is 3.74. The average Bonchev–Trinajstić information content (AvgIpc) is 2.91. The maximum atomic E-state index is 12.0. The highest BCUT2D eigenvalue weighted by Gasteiger charge is 2.29. The number of para-hydroxylation sites is 1. The standard InChI is InChI=1S/C17H16N4O5S/c22-13-7-3-1-5-11(13)17(24)20-19-15(23)9-10-18-16-12-6-2-4-8-14(12)27(25,26)21-16/h1-8,22H,9-10H2,(H,18,21)(H,19,23)(H,20,24). The molecule has 1 aliphatic rings. The fourth-order valence-electron chi connectivity index (χ4n) is 2.44. The summed E-state index contributed by atoms with van der Waals surface area (Å²) in [5, 5.41) is 9.58. The first kappa shape index (κ1) is 18.4. The van der Waals surface area contributed by atoms with Crippen molar-refractivity contribution < 1.29 is 23.1 Å². The number of nitrogens with one attached hydrogen (secondary N) is 3. The van der Waals surface area contributed by atoms with E-state index in [4.69, 9.17) is 0 Å². The predicted octanol–water partition coefficient (Wildman–Crippen LogP) is 0.282. The van der Waals surface area contributed by atoms with Crippen LogP contribution >= 0.6 is 0 Å². The van der Waals surface area contributed by atoms with E-state index >= 15 is 0 Å². The number of phenols is 1. The van der Waals surface area contributed by atoms with E-state index < -0.39 is 21.8 Å². The molecule has 0 aliphatic carbocycles. The molecule has 2 aromatic rings. The molecule has 0 saturated heterocycles. The molecule has 0 bridgehead atoms. The second kappa shape index (κ2) is 7.46. The van der Waals surface area contributed by atoms with Crippen LogP contribution in [0.4, 0.5) is 0 Å². The molecule has 2 amide bonds. The minimum atomic E-state index is -3.62. The summed E-state index contributed by atoms with van der Waals surface area (Å²) in [5.74, 6) is -1.21. The number of fused-ring (bicyclic) bond motifs is 1. The summed E-state index contributed by atoms with van der Waals surface area (Å²) >= 11 is 0. The molecule has 0 saturated carbocycles. The molecular formula is C17H16N4O5S. The fraction of sp³-hybridized carbons (Fsp3) is 0.118. The van der Waals surface area contributed by atoms with Crippen molar-refractivity contribution in [3.63, 3.8) is 0 Å². The number of hydrogen-bond donors (Lipinski definition) is 4. The molecule has 9 nitrogen and oxygen atoms in total. The topological polar surface area (TPSA) is 137 Å². The van der Waals surface area contributed by atoms with Crippen LogP contribution in [0.3, 0.4) is 0 Å². The lowest BCUT2D eigenvalue weighted by atomic mass is 10.2. The van der Waals surface area contributed by atoms with E-state index in [1.807, 2.05) is 0 Å². The Morgan fingerprint density at radius 3 is 2.52 bits per heavy atom. The Morgan fingerprint density at radius 2 is 1.74 bits per heavy atom. The van der Waals surface area contributed by atoms with Gasteiger partial charge in [-0.25, -0.2) is 8.42 Å². The van der Waals surface area contributed by atoms with Crippen LogP contribution in [0, 0.1) is 0 Å². The van der Waals surface area contributed by atoms with Crippen molar-refractivity contribution in [2.75, 3.05) is 6.54 Å². The number of sulfonamides is 1. The van der Waals surface area contributed by atoms with Gasteiger partial charge < -0.3 is 5.11 Å². The molecule has 1 heterocycles. The largest absolute Gasteiger partial charge is 0.507 e. The molecule has 27 heavy (non-hydrogen) atoms. The number of benzene rings is 2. The van der Waals surface area contributed by atoms with Gasteiger partial charge in [0, 0.05) is 12.0 Å². The number of carbonyl (C=O) groups excluding carboxylic acids is 2. The number of nitrogens with zero attached hydrogens (tertiary/aromatic N) is 1. The fourth-order valence-corrected chi connectivity index (χ4v) is 3.69. The summed E-state index contributed by atoms with van der Waals surface area (Å²) < 4.78 is 26.3. The van der Waals surface area contributed by atoms with Gasteiger partial charge in [-0.05, 0) is 24.3 Å². The number of amides is 2. The number of phenolic OH excluding ortho intramolecular Hbond substituents is 1. The minimum absolute atomic E-state index is 0.0183. The smallest absolute Gasteiger partial charge is 0.273 e. The highest BCUT2D eigenvalue weighted by atomic mass is 32.2. The van der Waals surface area contributed by atoms with Gasteiger partial charge in [-0.2, -0.15) is 0 Å². The Bertz CT molecular complexity index is 1030. The van der Waals surface area contributed by atoms with Crippen LogP contribution in [0.2, 0.25) is 0 Å². The maximum Gasteiger partial charge on any atom is 0.273 e. The quantitative estimate of drug-likeness (QED) is 0.558. The van der Waals surface area contributed by atoms with E-state index in [0.717, 1.165) is 0 Å². The molecule has 10 heteroatoms. The number of aromatic hydroxyl groups is 1. The number of carbonyl (C=O) groups is 2. The first-order chi connectivity index (χ1) is 12.9. The molecule has 0 aromatic heterocycles. The summed E-state index contributed by atoms with van der Waals surface area (Å²) in [6.45, 7) is 0.0183. The van der Waals surface area contributed by atoms with Crippen molar-refractivity contribution in [2.45, 2.75) is 11.3 Å². The first-order valence-corrected chi connectivity index (χ1v) is 9.40. The van der Waals surface area contributed by atoms with Crippen LogP contribution < -0.4 is 15.6 Å². The molecule has 0 unspecified atom stereocenters. The summed E-state index contributed by atoms with van der Waals surface area (Å²) in [4.78, 5) is 27.9. The van der Waals surface area contributed by atoms with Crippen LogP contribution in [-0.4, -0.2) is 37.7 Å². The van der Waals surface area contributed by atoms with Gasteiger partial charge >= 0.3 is 0 Å². The Labute approximate surface area is 155 Å². The second-order valence-electron chi connectivity index (χ2n) is 5.60. The lowest BCUT2D eigenvalue weighted by Gasteiger charge is -2.07. The zero-order valence-electron chi connectivity index (χ0n) is 14.0. The van der Waals surface area contributed by atoms with E-state index in [0.29, 0.717) is 5.56 Å². The Hall–Kier alpha value is -3.40. The van der Waals surface area contributed by atoms with Gasteiger partial charge in [-0.1, -0.05) is 24.3 Å². The van der Waals surface area contributed by atoms with Crippen molar-refractivity contribution in [1.29, 1.82) is 0 Å². The Kier molecular flexibility index (Phi) is 5.08. The van der Waals surface area contributed by atoms with Gasteiger partial charge in [0.25, 0.3) is 15.9 Å².